The SMILES string of the molecule is O=c1ccc2cccc(C(F)(F)F)c2o1. The minimum absolute atomic E-state index is 0.254. The number of hydrogen-bond acceptors (Lipinski definition) is 2. The van der Waals surface area contributed by atoms with Gasteiger partial charge in [0.05, 0.1) is 5.56 Å². The van der Waals surface area contributed by atoms with Crippen molar-refractivity contribution >= 4 is 11.0 Å². The summed E-state index contributed by atoms with van der Waals surface area (Å²) in [5.41, 5.74) is -2.14. The van der Waals surface area contributed by atoms with Crippen LogP contribution < -0.4 is 5.63 Å². The van der Waals surface area contributed by atoms with E-state index < -0.39 is 22.9 Å². The number of para-hydroxylation sites is 1. The van der Waals surface area contributed by atoms with Gasteiger partial charge in [-0.2, -0.15) is 13.2 Å². The summed E-state index contributed by atoms with van der Waals surface area (Å²) in [7, 11) is 0. The van der Waals surface area contributed by atoms with E-state index in [0.29, 0.717) is 0 Å². The molecule has 0 radical (unpaired) electrons. The second-order valence-corrected chi connectivity index (χ2v) is 2.98. The lowest BCUT2D eigenvalue weighted by Gasteiger charge is -2.07. The number of benzene rings is 1. The molecule has 0 saturated heterocycles. The van der Waals surface area contributed by atoms with Gasteiger partial charge < -0.3 is 4.42 Å². The molecule has 78 valence electrons. The van der Waals surface area contributed by atoms with E-state index >= 15 is 0 Å². The Morgan fingerprint density at radius 3 is 2.47 bits per heavy atom. The smallest absolute Gasteiger partial charge is 0.420 e. The summed E-state index contributed by atoms with van der Waals surface area (Å²) in [5, 5.41) is 0.254. The minimum Gasteiger partial charge on any atom is -0.422 e. The highest BCUT2D eigenvalue weighted by atomic mass is 19.4. The van der Waals surface area contributed by atoms with Crippen molar-refractivity contribution in [2.24, 2.45) is 0 Å². The van der Waals surface area contributed by atoms with Crippen molar-refractivity contribution in [3.63, 3.8) is 0 Å². The molecule has 0 aliphatic carbocycles. The number of alkyl halides is 3. The zero-order chi connectivity index (χ0) is 11.1. The van der Waals surface area contributed by atoms with E-state index in [1.54, 1.807) is 0 Å². The average Bonchev–Trinajstić information content (AvgIpc) is 2.15. The van der Waals surface area contributed by atoms with Crippen molar-refractivity contribution in [2.75, 3.05) is 0 Å². The van der Waals surface area contributed by atoms with Gasteiger partial charge in [0.2, 0.25) is 0 Å². The third kappa shape index (κ3) is 1.72. The van der Waals surface area contributed by atoms with E-state index in [2.05, 4.69) is 4.42 Å². The van der Waals surface area contributed by atoms with Crippen molar-refractivity contribution in [1.82, 2.24) is 0 Å². The fourth-order valence-corrected chi connectivity index (χ4v) is 1.32. The number of hydrogen-bond donors (Lipinski definition) is 0. The number of fused-ring (bicyclic) bond motifs is 1. The summed E-state index contributed by atoms with van der Waals surface area (Å²) in [4.78, 5) is 10.8. The molecule has 15 heavy (non-hydrogen) atoms. The molecule has 0 N–H and O–H groups in total. The standard InChI is InChI=1S/C10H5F3O2/c11-10(12,13)7-3-1-2-6-4-5-8(14)15-9(6)7/h1-5H. The van der Waals surface area contributed by atoms with Crippen LogP contribution in [0, 0.1) is 0 Å². The van der Waals surface area contributed by atoms with Crippen LogP contribution in [-0.4, -0.2) is 0 Å². The zero-order valence-electron chi connectivity index (χ0n) is 7.34. The zero-order valence-corrected chi connectivity index (χ0v) is 7.34. The van der Waals surface area contributed by atoms with Gasteiger partial charge in [0.15, 0.2) is 5.58 Å². The van der Waals surface area contributed by atoms with Crippen LogP contribution in [0.3, 0.4) is 0 Å². The van der Waals surface area contributed by atoms with Crippen molar-refractivity contribution in [1.29, 1.82) is 0 Å². The van der Waals surface area contributed by atoms with Crippen LogP contribution in [0.15, 0.2) is 39.5 Å². The van der Waals surface area contributed by atoms with Crippen molar-refractivity contribution in [3.05, 3.63) is 46.3 Å². The third-order valence-corrected chi connectivity index (χ3v) is 1.95. The van der Waals surface area contributed by atoms with Gasteiger partial charge in [-0.15, -0.1) is 0 Å². The molecule has 0 atom stereocenters. The minimum atomic E-state index is -4.52. The predicted molar refractivity (Wildman–Crippen MR) is 47.5 cm³/mol. The highest BCUT2D eigenvalue weighted by Gasteiger charge is 2.33. The lowest BCUT2D eigenvalue weighted by molar-refractivity contribution is -0.136. The van der Waals surface area contributed by atoms with Crippen molar-refractivity contribution < 1.29 is 17.6 Å². The third-order valence-electron chi connectivity index (χ3n) is 1.95. The molecule has 0 bridgehead atoms. The van der Waals surface area contributed by atoms with Gasteiger partial charge in [-0.25, -0.2) is 4.79 Å². The number of rotatable bonds is 0. The van der Waals surface area contributed by atoms with E-state index in [9.17, 15) is 18.0 Å². The van der Waals surface area contributed by atoms with Gasteiger partial charge in [-0.3, -0.25) is 0 Å². The van der Waals surface area contributed by atoms with Crippen LogP contribution in [0.2, 0.25) is 0 Å². The first-order valence-electron chi connectivity index (χ1n) is 4.08. The molecule has 0 fully saturated rings. The maximum absolute atomic E-state index is 12.5. The average molecular weight is 214 g/mol. The highest BCUT2D eigenvalue weighted by Crippen LogP contribution is 2.33. The molecule has 2 nitrogen and oxygen atoms in total. The summed E-state index contributed by atoms with van der Waals surface area (Å²) < 4.78 is 42.0. The van der Waals surface area contributed by atoms with Crippen molar-refractivity contribution in [3.8, 4) is 0 Å². The second-order valence-electron chi connectivity index (χ2n) is 2.98. The first kappa shape index (κ1) is 9.76. The summed E-state index contributed by atoms with van der Waals surface area (Å²) in [6.07, 6.45) is -4.52. The van der Waals surface area contributed by atoms with Crippen LogP contribution in [0.4, 0.5) is 13.2 Å². The topological polar surface area (TPSA) is 30.2 Å². The fraction of sp³-hybridized carbons (Fsp3) is 0.100. The summed E-state index contributed by atoms with van der Waals surface area (Å²) in [5.74, 6) is 0. The molecule has 0 saturated carbocycles. The van der Waals surface area contributed by atoms with E-state index in [0.717, 1.165) is 12.1 Å². The first-order chi connectivity index (χ1) is 6.98. The maximum atomic E-state index is 12.5. The molecular weight excluding hydrogens is 209 g/mol. The van der Waals surface area contributed by atoms with E-state index in [1.165, 1.54) is 18.2 Å². The molecular formula is C10H5F3O2. The molecule has 2 rings (SSSR count). The van der Waals surface area contributed by atoms with Crippen molar-refractivity contribution in [2.45, 2.75) is 6.18 Å². The Morgan fingerprint density at radius 2 is 1.80 bits per heavy atom. The lowest BCUT2D eigenvalue weighted by Crippen LogP contribution is -2.07. The Morgan fingerprint density at radius 1 is 1.07 bits per heavy atom. The molecule has 1 heterocycles. The monoisotopic (exact) mass is 214 g/mol. The molecule has 0 unspecified atom stereocenters. The highest BCUT2D eigenvalue weighted by molar-refractivity contribution is 5.79. The summed E-state index contributed by atoms with van der Waals surface area (Å²) in [6, 6.07) is 5.99. The summed E-state index contributed by atoms with van der Waals surface area (Å²) in [6.45, 7) is 0. The molecule has 0 aliphatic heterocycles. The Kier molecular flexibility index (Phi) is 2.03. The van der Waals surface area contributed by atoms with Crippen LogP contribution in [0.25, 0.3) is 11.0 Å². The predicted octanol–water partition coefficient (Wildman–Crippen LogP) is 2.81. The van der Waals surface area contributed by atoms with E-state index in [-0.39, 0.29) is 5.39 Å². The normalized spacial score (nSPS) is 11.9. The van der Waals surface area contributed by atoms with Gasteiger partial charge in [0, 0.05) is 11.5 Å². The fourth-order valence-electron chi connectivity index (χ4n) is 1.32. The van der Waals surface area contributed by atoms with Gasteiger partial charge >= 0.3 is 11.8 Å². The van der Waals surface area contributed by atoms with Crippen LogP contribution in [0.5, 0.6) is 0 Å². The van der Waals surface area contributed by atoms with Gasteiger partial charge in [0.1, 0.15) is 0 Å². The van der Waals surface area contributed by atoms with Crippen LogP contribution >= 0.6 is 0 Å². The maximum Gasteiger partial charge on any atom is 0.420 e. The molecule has 2 aromatic rings. The molecule has 0 spiro atoms. The Balaban J connectivity index is 2.86. The first-order valence-corrected chi connectivity index (χ1v) is 4.08. The molecule has 1 aromatic heterocycles. The molecule has 0 aliphatic rings. The lowest BCUT2D eigenvalue weighted by atomic mass is 10.1. The molecule has 0 amide bonds. The van der Waals surface area contributed by atoms with Gasteiger partial charge in [0.25, 0.3) is 0 Å². The van der Waals surface area contributed by atoms with E-state index in [4.69, 9.17) is 0 Å². The Labute approximate surface area is 81.9 Å². The summed E-state index contributed by atoms with van der Waals surface area (Å²) >= 11 is 0. The van der Waals surface area contributed by atoms with Crippen LogP contribution in [0.1, 0.15) is 5.56 Å². The van der Waals surface area contributed by atoms with Crippen LogP contribution in [-0.2, 0) is 6.18 Å². The molecule has 5 heteroatoms. The van der Waals surface area contributed by atoms with Gasteiger partial charge in [-0.1, -0.05) is 12.1 Å². The largest absolute Gasteiger partial charge is 0.422 e. The Bertz CT molecular complexity index is 554. The quantitative estimate of drug-likeness (QED) is 0.631. The van der Waals surface area contributed by atoms with Gasteiger partial charge in [-0.05, 0) is 12.1 Å². The van der Waals surface area contributed by atoms with E-state index in [1.807, 2.05) is 0 Å². The number of halogens is 3. The Hall–Kier alpha value is -1.78. The molecule has 1 aromatic carbocycles. The second kappa shape index (κ2) is 3.12.